The van der Waals surface area contributed by atoms with Crippen LogP contribution in [0.1, 0.15) is 80.4 Å². The number of hydrogen-bond acceptors (Lipinski definition) is 6. The van der Waals surface area contributed by atoms with Gasteiger partial charge in [0, 0.05) is 6.85 Å². The summed E-state index contributed by atoms with van der Waals surface area (Å²) in [6.45, 7) is 1.65. The normalized spacial score (nSPS) is 16.5. The first-order valence-electron chi connectivity index (χ1n) is 12.8. The highest BCUT2D eigenvalue weighted by Gasteiger charge is 2.32. The summed E-state index contributed by atoms with van der Waals surface area (Å²) >= 11 is 0. The number of phosphoric acid groups is 1. The number of ether oxygens (including phenoxy) is 2. The molecule has 1 aromatic rings. The molecule has 0 fully saturated rings. The average Bonchev–Trinajstić information content (AvgIpc) is 2.75. The van der Waals surface area contributed by atoms with Crippen LogP contribution in [0, 0.1) is 0 Å². The summed E-state index contributed by atoms with van der Waals surface area (Å²) in [7, 11) is -1.56. The van der Waals surface area contributed by atoms with Crippen LogP contribution >= 0.6 is 7.82 Å². The van der Waals surface area contributed by atoms with E-state index in [9.17, 15) is 4.57 Å². The van der Waals surface area contributed by atoms with Crippen LogP contribution in [0.4, 0.5) is 0 Å². The zero-order valence-electron chi connectivity index (χ0n) is 23.4. The molecule has 1 aromatic carbocycles. The first-order valence-corrected chi connectivity index (χ1v) is 10.9. The van der Waals surface area contributed by atoms with E-state index in [1.54, 1.807) is 13.8 Å². The van der Waals surface area contributed by atoms with Crippen LogP contribution in [0.3, 0.4) is 0 Å². The molecule has 0 aromatic heterocycles. The van der Waals surface area contributed by atoms with E-state index in [1.807, 2.05) is 6.92 Å². The monoisotopic (exact) mass is 422 g/mol. The molecule has 0 saturated carbocycles. The molecule has 1 atom stereocenters. The van der Waals surface area contributed by atoms with Crippen LogP contribution in [0.15, 0.2) is 12.1 Å². The highest BCUT2D eigenvalue weighted by Crippen LogP contribution is 2.55. The molecular weight excluding hydrogens is 379 g/mol. The van der Waals surface area contributed by atoms with E-state index in [4.69, 9.17) is 31.3 Å². The van der Waals surface area contributed by atoms with Crippen molar-refractivity contribution in [1.82, 2.24) is 0 Å². The second-order valence-corrected chi connectivity index (χ2v) is 7.71. The van der Waals surface area contributed by atoms with Crippen molar-refractivity contribution < 1.29 is 35.8 Å². The molecule has 0 spiro atoms. The van der Waals surface area contributed by atoms with E-state index in [0.29, 0.717) is 6.42 Å². The van der Waals surface area contributed by atoms with Gasteiger partial charge in [0.1, 0.15) is 0 Å². The lowest BCUT2D eigenvalue weighted by atomic mass is 9.79. The molecule has 0 aliphatic heterocycles. The Hall–Kier alpha value is -1.23. The maximum absolute atomic E-state index is 13.0. The van der Waals surface area contributed by atoms with Gasteiger partial charge in [-0.1, -0.05) is 46.4 Å². The minimum atomic E-state index is -4.10. The van der Waals surface area contributed by atoms with E-state index >= 15 is 0 Å². The zero-order chi connectivity index (χ0) is 26.1. The maximum Gasteiger partial charge on any atom is 0.530 e. The zero-order valence-corrected chi connectivity index (χ0v) is 18.3. The fraction of sp³-hybridized carbons (Fsp3) is 0.714. The quantitative estimate of drug-likeness (QED) is 0.251. The summed E-state index contributed by atoms with van der Waals surface area (Å²) in [6, 6.07) is 0.871. The number of methoxy groups -OCH3 is 2. The Kier molecular flexibility index (Phi) is 6.91. The Balaban J connectivity index is 3.83. The SMILES string of the molecule is [2H]c1c(C(C([2H])[2H])(C([2H])[2H])C([2H])CCCCC)cc(OC)c(OP(=O)(OCC)OCC)c1OC. The number of benzene rings is 1. The third-order valence-electron chi connectivity index (χ3n) is 3.91. The topological polar surface area (TPSA) is 63.2 Å². The summed E-state index contributed by atoms with van der Waals surface area (Å²) in [5.74, 6) is -0.572. The van der Waals surface area contributed by atoms with Gasteiger partial charge in [0.15, 0.2) is 11.5 Å². The van der Waals surface area contributed by atoms with Crippen LogP contribution in [-0.4, -0.2) is 27.4 Å². The Bertz CT molecular complexity index is 807. The second kappa shape index (κ2) is 11.7. The Morgan fingerprint density at radius 2 is 1.71 bits per heavy atom. The van der Waals surface area contributed by atoms with E-state index in [-0.39, 0.29) is 48.5 Å². The summed E-state index contributed by atoms with van der Waals surface area (Å²) in [5, 5.41) is 0. The van der Waals surface area contributed by atoms with Gasteiger partial charge in [-0.05, 0) is 43.3 Å². The van der Waals surface area contributed by atoms with Crippen molar-refractivity contribution in [3.05, 3.63) is 17.7 Å². The van der Waals surface area contributed by atoms with Crippen LogP contribution in [-0.2, 0) is 19.0 Å². The Labute approximate surface area is 178 Å². The lowest BCUT2D eigenvalue weighted by Gasteiger charge is -2.28. The molecule has 1 unspecified atom stereocenters. The van der Waals surface area contributed by atoms with Crippen LogP contribution in [0.5, 0.6) is 17.2 Å². The molecule has 0 amide bonds. The van der Waals surface area contributed by atoms with Crippen LogP contribution in [0.25, 0.3) is 0 Å². The summed E-state index contributed by atoms with van der Waals surface area (Å²) in [5.41, 5.74) is -2.05. The standard InChI is InChI=1S/C21H37O6P/c1-8-11-12-13-14-21(4,5)17-15-18(23-6)20(19(16-17)24-7)27-28(22,25-9-2)26-10-3/h15-16H,8-14H2,1-7H3/i4D2,5D2,14D,15D. The van der Waals surface area contributed by atoms with Crippen LogP contribution < -0.4 is 14.0 Å². The molecule has 0 heterocycles. The van der Waals surface area contributed by atoms with Gasteiger partial charge >= 0.3 is 7.82 Å². The van der Waals surface area contributed by atoms with E-state index < -0.39 is 33.4 Å². The van der Waals surface area contributed by atoms with Crippen molar-refractivity contribution in [2.24, 2.45) is 0 Å². The van der Waals surface area contributed by atoms with Gasteiger partial charge in [0.05, 0.1) is 28.8 Å². The fourth-order valence-electron chi connectivity index (χ4n) is 2.50. The Morgan fingerprint density at radius 1 is 1.07 bits per heavy atom. The van der Waals surface area contributed by atoms with Gasteiger partial charge in [-0.15, -0.1) is 0 Å². The maximum atomic E-state index is 13.0. The van der Waals surface area contributed by atoms with Crippen molar-refractivity contribution in [2.75, 3.05) is 27.4 Å². The highest BCUT2D eigenvalue weighted by molar-refractivity contribution is 7.48. The molecule has 0 bridgehead atoms. The summed E-state index contributed by atoms with van der Waals surface area (Å²) in [6.07, 6.45) is 1.42. The number of phosphoric ester groups is 1. The van der Waals surface area contributed by atoms with E-state index in [2.05, 4.69) is 0 Å². The first kappa shape index (κ1) is 16.6. The van der Waals surface area contributed by atoms with Gasteiger partial charge in [-0.25, -0.2) is 4.57 Å². The van der Waals surface area contributed by atoms with Gasteiger partial charge < -0.3 is 14.0 Å². The predicted octanol–water partition coefficient (Wildman–Crippen LogP) is 6.51. The largest absolute Gasteiger partial charge is 0.530 e. The minimum absolute atomic E-state index is 0.0217. The minimum Gasteiger partial charge on any atom is -0.493 e. The molecule has 28 heavy (non-hydrogen) atoms. The van der Waals surface area contributed by atoms with Crippen molar-refractivity contribution in [3.63, 3.8) is 0 Å². The number of hydrogen-bond donors (Lipinski definition) is 0. The van der Waals surface area contributed by atoms with Gasteiger partial charge in [0.25, 0.3) is 0 Å². The van der Waals surface area contributed by atoms with Crippen molar-refractivity contribution in [1.29, 1.82) is 0 Å². The molecule has 162 valence electrons. The second-order valence-electron chi connectivity index (χ2n) is 6.12. The third kappa shape index (κ3) is 6.98. The van der Waals surface area contributed by atoms with Crippen LogP contribution in [0.2, 0.25) is 0 Å². The van der Waals surface area contributed by atoms with Gasteiger partial charge in [-0.2, -0.15) is 0 Å². The molecule has 6 nitrogen and oxygen atoms in total. The number of rotatable bonds is 14. The van der Waals surface area contributed by atoms with E-state index in [1.165, 1.54) is 20.3 Å². The fourth-order valence-corrected chi connectivity index (χ4v) is 3.71. The molecule has 0 radical (unpaired) electrons. The summed E-state index contributed by atoms with van der Waals surface area (Å²) < 4.78 is 90.1. The lowest BCUT2D eigenvalue weighted by Crippen LogP contribution is -2.17. The lowest BCUT2D eigenvalue weighted by molar-refractivity contribution is 0.164. The number of unbranched alkanes of at least 4 members (excludes halogenated alkanes) is 2. The molecule has 0 aliphatic rings. The molecule has 0 aliphatic carbocycles. The molecule has 0 saturated heterocycles. The predicted molar refractivity (Wildman–Crippen MR) is 113 cm³/mol. The molecule has 0 N–H and O–H groups in total. The smallest absolute Gasteiger partial charge is 0.493 e. The molecular formula is C21H37O6P. The Morgan fingerprint density at radius 3 is 2.21 bits per heavy atom. The molecule has 1 rings (SSSR count). The van der Waals surface area contributed by atoms with Gasteiger partial charge in [-0.3, -0.25) is 9.05 Å². The van der Waals surface area contributed by atoms with Crippen molar-refractivity contribution in [2.45, 2.75) is 72.0 Å². The first-order chi connectivity index (χ1) is 16.0. The third-order valence-corrected chi connectivity index (χ3v) is 5.47. The van der Waals surface area contributed by atoms with E-state index in [0.717, 1.165) is 12.8 Å². The average molecular weight is 423 g/mol. The van der Waals surface area contributed by atoms with Crippen molar-refractivity contribution in [3.8, 4) is 17.2 Å². The van der Waals surface area contributed by atoms with Crippen molar-refractivity contribution >= 4 is 7.82 Å². The highest BCUT2D eigenvalue weighted by atomic mass is 31.2. The van der Waals surface area contributed by atoms with Gasteiger partial charge in [0.2, 0.25) is 5.75 Å². The summed E-state index contributed by atoms with van der Waals surface area (Å²) in [4.78, 5) is 0. The molecule has 7 heteroatoms.